The van der Waals surface area contributed by atoms with Crippen molar-refractivity contribution in [3.05, 3.63) is 41.2 Å². The van der Waals surface area contributed by atoms with Crippen LogP contribution in [0.4, 0.5) is 5.69 Å². The van der Waals surface area contributed by atoms with E-state index in [2.05, 4.69) is 10.4 Å². The molecule has 0 spiro atoms. The van der Waals surface area contributed by atoms with Gasteiger partial charge >= 0.3 is 0 Å². The zero-order valence-electron chi connectivity index (χ0n) is 16.0. The van der Waals surface area contributed by atoms with Gasteiger partial charge in [0.05, 0.1) is 31.5 Å². The highest BCUT2D eigenvalue weighted by Gasteiger charge is 2.20. The first kappa shape index (κ1) is 19.5. The van der Waals surface area contributed by atoms with Gasteiger partial charge in [-0.2, -0.15) is 5.10 Å². The lowest BCUT2D eigenvalue weighted by molar-refractivity contribution is -0.133. The van der Waals surface area contributed by atoms with Crippen LogP contribution < -0.4 is 10.1 Å². The second kappa shape index (κ2) is 8.51. The van der Waals surface area contributed by atoms with Gasteiger partial charge in [-0.1, -0.05) is 12.1 Å². The van der Waals surface area contributed by atoms with E-state index < -0.39 is 0 Å². The Morgan fingerprint density at radius 2 is 1.96 bits per heavy atom. The van der Waals surface area contributed by atoms with E-state index >= 15 is 0 Å². The molecule has 0 fully saturated rings. The van der Waals surface area contributed by atoms with Gasteiger partial charge in [-0.05, 0) is 32.9 Å². The van der Waals surface area contributed by atoms with Crippen LogP contribution in [-0.4, -0.2) is 46.7 Å². The Hall–Kier alpha value is -2.83. The van der Waals surface area contributed by atoms with Crippen LogP contribution in [0.1, 0.15) is 23.9 Å². The normalized spacial score (nSPS) is 10.5. The predicted molar refractivity (Wildman–Crippen MR) is 100 cm³/mol. The molecule has 7 heteroatoms. The molecule has 1 aromatic heterocycles. The molecule has 1 aromatic carbocycles. The fraction of sp³-hybridized carbons (Fsp3) is 0.421. The second-order valence-corrected chi connectivity index (χ2v) is 6.11. The van der Waals surface area contributed by atoms with Crippen LogP contribution in [-0.2, 0) is 23.1 Å². The number of anilines is 1. The summed E-state index contributed by atoms with van der Waals surface area (Å²) in [6.45, 7) is 6.13. The van der Waals surface area contributed by atoms with Crippen LogP contribution in [0.15, 0.2) is 24.3 Å². The molecule has 2 amide bonds. The van der Waals surface area contributed by atoms with Crippen molar-refractivity contribution in [2.24, 2.45) is 7.05 Å². The lowest BCUT2D eigenvalue weighted by atomic mass is 10.1. The van der Waals surface area contributed by atoms with Gasteiger partial charge < -0.3 is 15.0 Å². The summed E-state index contributed by atoms with van der Waals surface area (Å²) >= 11 is 0. The van der Waals surface area contributed by atoms with E-state index in [9.17, 15) is 9.59 Å². The highest BCUT2D eigenvalue weighted by molar-refractivity contribution is 5.95. The summed E-state index contributed by atoms with van der Waals surface area (Å²) in [6, 6.07) is 7.17. The molecule has 0 aliphatic carbocycles. The van der Waals surface area contributed by atoms with Crippen LogP contribution in [0.3, 0.4) is 0 Å². The molecule has 0 radical (unpaired) electrons. The number of methoxy groups -OCH3 is 1. The van der Waals surface area contributed by atoms with Crippen molar-refractivity contribution in [1.29, 1.82) is 0 Å². The largest absolute Gasteiger partial charge is 0.495 e. The standard InChI is InChI=1S/C19H26N4O3/c1-6-23(19(25)11-15-13(2)21-22(4)14(15)3)12-18(24)20-16-9-7-8-10-17(16)26-5/h7-10H,6,11-12H2,1-5H3,(H,20,24). The quantitative estimate of drug-likeness (QED) is 0.822. The summed E-state index contributed by atoms with van der Waals surface area (Å²) in [6.07, 6.45) is 0.237. The minimum absolute atomic E-state index is 0.00820. The SMILES string of the molecule is CCN(CC(=O)Nc1ccccc1OC)C(=O)Cc1c(C)nn(C)c1C. The molecule has 0 saturated heterocycles. The fourth-order valence-electron chi connectivity index (χ4n) is 2.82. The summed E-state index contributed by atoms with van der Waals surface area (Å²) in [4.78, 5) is 26.6. The summed E-state index contributed by atoms with van der Waals surface area (Å²) in [7, 11) is 3.40. The monoisotopic (exact) mass is 358 g/mol. The van der Waals surface area contributed by atoms with Gasteiger partial charge in [-0.15, -0.1) is 0 Å². The van der Waals surface area contributed by atoms with E-state index in [-0.39, 0.29) is 24.8 Å². The number of carbonyl (C=O) groups excluding carboxylic acids is 2. The third kappa shape index (κ3) is 4.41. The summed E-state index contributed by atoms with van der Waals surface area (Å²) in [5.41, 5.74) is 3.31. The van der Waals surface area contributed by atoms with Crippen molar-refractivity contribution in [3.63, 3.8) is 0 Å². The lowest BCUT2D eigenvalue weighted by Crippen LogP contribution is -2.38. The Morgan fingerprint density at radius 1 is 1.27 bits per heavy atom. The third-order valence-electron chi connectivity index (χ3n) is 4.44. The number of aryl methyl sites for hydroxylation is 2. The number of hydrogen-bond acceptors (Lipinski definition) is 4. The number of hydrogen-bond donors (Lipinski definition) is 1. The van der Waals surface area contributed by atoms with Crippen LogP contribution >= 0.6 is 0 Å². The van der Waals surface area contributed by atoms with E-state index in [0.29, 0.717) is 18.0 Å². The molecule has 0 atom stereocenters. The second-order valence-electron chi connectivity index (χ2n) is 6.11. The molecule has 2 aromatic rings. The molecule has 2 rings (SSSR count). The summed E-state index contributed by atoms with van der Waals surface area (Å²) < 4.78 is 6.99. The highest BCUT2D eigenvalue weighted by Crippen LogP contribution is 2.23. The van der Waals surface area contributed by atoms with Crippen LogP contribution in [0.25, 0.3) is 0 Å². The Morgan fingerprint density at radius 3 is 2.54 bits per heavy atom. The molecule has 0 bridgehead atoms. The molecule has 0 saturated carbocycles. The van der Waals surface area contributed by atoms with Crippen LogP contribution in [0.2, 0.25) is 0 Å². The van der Waals surface area contributed by atoms with Gasteiger partial charge in [0.25, 0.3) is 0 Å². The molecule has 1 heterocycles. The van der Waals surface area contributed by atoms with Gasteiger partial charge in [0.15, 0.2) is 0 Å². The molecule has 26 heavy (non-hydrogen) atoms. The van der Waals surface area contributed by atoms with Gasteiger partial charge in [0.1, 0.15) is 5.75 Å². The Kier molecular flexibility index (Phi) is 6.38. The lowest BCUT2D eigenvalue weighted by Gasteiger charge is -2.21. The topological polar surface area (TPSA) is 76.5 Å². The first-order chi connectivity index (χ1) is 12.4. The van der Waals surface area contributed by atoms with E-state index in [1.54, 1.807) is 23.9 Å². The Bertz CT molecular complexity index is 798. The molecular weight excluding hydrogens is 332 g/mol. The molecule has 0 unspecified atom stereocenters. The van der Waals surface area contributed by atoms with E-state index in [0.717, 1.165) is 17.0 Å². The van der Waals surface area contributed by atoms with Gasteiger partial charge in [-0.3, -0.25) is 14.3 Å². The maximum absolute atomic E-state index is 12.7. The number of carbonyl (C=O) groups is 2. The minimum atomic E-state index is -0.260. The molecule has 140 valence electrons. The number of ether oxygens (including phenoxy) is 1. The number of para-hydroxylation sites is 2. The number of likely N-dealkylation sites (N-methyl/N-ethyl adjacent to an activating group) is 1. The minimum Gasteiger partial charge on any atom is -0.495 e. The van der Waals surface area contributed by atoms with Crippen molar-refractivity contribution < 1.29 is 14.3 Å². The zero-order chi connectivity index (χ0) is 19.3. The third-order valence-corrected chi connectivity index (χ3v) is 4.44. The van der Waals surface area contributed by atoms with Crippen molar-refractivity contribution in [2.45, 2.75) is 27.2 Å². The number of amides is 2. The van der Waals surface area contributed by atoms with Crippen molar-refractivity contribution in [3.8, 4) is 5.75 Å². The molecular formula is C19H26N4O3. The summed E-state index contributed by atoms with van der Waals surface area (Å²) in [5.74, 6) is 0.225. The van der Waals surface area contributed by atoms with Crippen LogP contribution in [0.5, 0.6) is 5.75 Å². The average molecular weight is 358 g/mol. The highest BCUT2D eigenvalue weighted by atomic mass is 16.5. The van der Waals surface area contributed by atoms with Crippen molar-refractivity contribution in [1.82, 2.24) is 14.7 Å². The number of nitrogens with zero attached hydrogens (tertiary/aromatic N) is 3. The maximum atomic E-state index is 12.7. The van der Waals surface area contributed by atoms with Gasteiger partial charge in [0.2, 0.25) is 11.8 Å². The number of nitrogens with one attached hydrogen (secondary N) is 1. The van der Waals surface area contributed by atoms with E-state index in [1.165, 1.54) is 4.90 Å². The fourth-order valence-corrected chi connectivity index (χ4v) is 2.82. The molecule has 1 N–H and O–H groups in total. The van der Waals surface area contributed by atoms with Crippen molar-refractivity contribution in [2.75, 3.05) is 25.5 Å². The molecule has 0 aliphatic heterocycles. The van der Waals surface area contributed by atoms with Crippen LogP contribution in [0, 0.1) is 13.8 Å². The molecule has 0 aliphatic rings. The van der Waals surface area contributed by atoms with Gasteiger partial charge in [-0.25, -0.2) is 0 Å². The number of rotatable bonds is 7. The average Bonchev–Trinajstić information content (AvgIpc) is 2.86. The maximum Gasteiger partial charge on any atom is 0.244 e. The van der Waals surface area contributed by atoms with Crippen molar-refractivity contribution >= 4 is 17.5 Å². The number of benzene rings is 1. The predicted octanol–water partition coefficient (Wildman–Crippen LogP) is 2.08. The zero-order valence-corrected chi connectivity index (χ0v) is 16.0. The molecule has 7 nitrogen and oxygen atoms in total. The Balaban J connectivity index is 2.03. The van der Waals surface area contributed by atoms with Gasteiger partial charge in [0, 0.05) is 24.8 Å². The summed E-state index contributed by atoms with van der Waals surface area (Å²) in [5, 5.41) is 7.14. The Labute approximate surface area is 153 Å². The first-order valence-corrected chi connectivity index (χ1v) is 8.57. The number of aromatic nitrogens is 2. The first-order valence-electron chi connectivity index (χ1n) is 8.57. The smallest absolute Gasteiger partial charge is 0.244 e. The van der Waals surface area contributed by atoms with E-state index in [1.807, 2.05) is 40.0 Å². The van der Waals surface area contributed by atoms with E-state index in [4.69, 9.17) is 4.74 Å².